The first-order chi connectivity index (χ1) is 10.3. The van der Waals surface area contributed by atoms with Crippen LogP contribution in [-0.4, -0.2) is 41.7 Å². The Morgan fingerprint density at radius 1 is 1.29 bits per heavy atom. The van der Waals surface area contributed by atoms with Crippen LogP contribution in [0.1, 0.15) is 47.2 Å². The van der Waals surface area contributed by atoms with E-state index in [1.807, 2.05) is 17.0 Å². The number of amides is 1. The van der Waals surface area contributed by atoms with Gasteiger partial charge >= 0.3 is 0 Å². The van der Waals surface area contributed by atoms with Crippen LogP contribution in [0.2, 0.25) is 0 Å². The Balaban J connectivity index is 1.83. The third-order valence-electron chi connectivity index (χ3n) is 4.69. The first kappa shape index (κ1) is 14.5. The fraction of sp³-hybridized carbons (Fsp3) is 0.588. The van der Waals surface area contributed by atoms with Crippen LogP contribution in [0, 0.1) is 0 Å². The van der Waals surface area contributed by atoms with Crippen molar-refractivity contribution in [2.24, 2.45) is 0 Å². The lowest BCUT2D eigenvalue weighted by atomic mass is 9.98. The summed E-state index contributed by atoms with van der Waals surface area (Å²) < 4.78 is 0. The molecule has 4 nitrogen and oxygen atoms in total. The van der Waals surface area contributed by atoms with Gasteiger partial charge in [-0.05, 0) is 49.1 Å². The van der Waals surface area contributed by atoms with Crippen LogP contribution in [0.3, 0.4) is 0 Å². The van der Waals surface area contributed by atoms with Crippen molar-refractivity contribution in [3.8, 4) is 0 Å². The van der Waals surface area contributed by atoms with Crippen molar-refractivity contribution in [1.82, 2.24) is 10.2 Å². The Morgan fingerprint density at radius 2 is 2.19 bits per heavy atom. The van der Waals surface area contributed by atoms with E-state index in [9.17, 15) is 9.90 Å². The van der Waals surface area contributed by atoms with Gasteiger partial charge in [0.25, 0.3) is 5.91 Å². The van der Waals surface area contributed by atoms with E-state index < -0.39 is 0 Å². The number of rotatable bonds is 2. The summed E-state index contributed by atoms with van der Waals surface area (Å²) in [7, 11) is 0. The molecule has 1 unspecified atom stereocenters. The molecule has 0 radical (unpaired) electrons. The number of nitrogens with zero attached hydrogens (tertiary/aromatic N) is 1. The third kappa shape index (κ3) is 3.11. The minimum absolute atomic E-state index is 0.0193. The normalized spacial score (nSPS) is 22.5. The van der Waals surface area contributed by atoms with Crippen molar-refractivity contribution < 1.29 is 9.90 Å². The van der Waals surface area contributed by atoms with Crippen molar-refractivity contribution in [3.63, 3.8) is 0 Å². The Labute approximate surface area is 126 Å². The Hall–Kier alpha value is -1.39. The first-order valence-electron chi connectivity index (χ1n) is 8.04. The summed E-state index contributed by atoms with van der Waals surface area (Å²) in [5.74, 6) is 0.0734. The maximum Gasteiger partial charge on any atom is 0.254 e. The first-order valence-corrected chi connectivity index (χ1v) is 8.04. The molecule has 21 heavy (non-hydrogen) atoms. The number of carbonyl (C=O) groups excluding carboxylic acids is 1. The van der Waals surface area contributed by atoms with Crippen molar-refractivity contribution in [1.29, 1.82) is 0 Å². The van der Waals surface area contributed by atoms with E-state index in [4.69, 9.17) is 0 Å². The van der Waals surface area contributed by atoms with Crippen LogP contribution in [0.25, 0.3) is 0 Å². The predicted molar refractivity (Wildman–Crippen MR) is 82.2 cm³/mol. The van der Waals surface area contributed by atoms with Crippen molar-refractivity contribution >= 4 is 5.91 Å². The molecule has 1 aromatic rings. The predicted octanol–water partition coefficient (Wildman–Crippen LogP) is 1.71. The molecular weight excluding hydrogens is 264 g/mol. The molecular formula is C17H24N2O2. The van der Waals surface area contributed by atoms with Gasteiger partial charge in [0.05, 0.1) is 12.6 Å². The van der Waals surface area contributed by atoms with Crippen molar-refractivity contribution in [2.75, 3.05) is 19.7 Å². The molecule has 1 amide bonds. The number of fused-ring (bicyclic) bond motifs is 1. The summed E-state index contributed by atoms with van der Waals surface area (Å²) in [6.45, 7) is 2.69. The van der Waals surface area contributed by atoms with Crippen LogP contribution in [0.15, 0.2) is 18.2 Å². The zero-order valence-corrected chi connectivity index (χ0v) is 12.5. The quantitative estimate of drug-likeness (QED) is 0.871. The van der Waals surface area contributed by atoms with Crippen molar-refractivity contribution in [3.05, 3.63) is 34.9 Å². The molecule has 0 aromatic heterocycles. The number of aliphatic hydroxyl groups excluding tert-OH is 1. The molecule has 3 rings (SSSR count). The average molecular weight is 288 g/mol. The summed E-state index contributed by atoms with van der Waals surface area (Å²) in [5, 5.41) is 12.9. The highest BCUT2D eigenvalue weighted by atomic mass is 16.3. The van der Waals surface area contributed by atoms with Gasteiger partial charge in [0.15, 0.2) is 0 Å². The molecule has 0 aliphatic carbocycles. The monoisotopic (exact) mass is 288 g/mol. The van der Waals surface area contributed by atoms with E-state index in [2.05, 4.69) is 11.4 Å². The molecule has 4 heteroatoms. The zero-order chi connectivity index (χ0) is 14.7. The van der Waals surface area contributed by atoms with E-state index in [1.54, 1.807) is 0 Å². The zero-order valence-electron chi connectivity index (χ0n) is 12.5. The van der Waals surface area contributed by atoms with Crippen LogP contribution < -0.4 is 5.32 Å². The molecule has 1 fully saturated rings. The maximum absolute atomic E-state index is 12.8. The molecule has 2 N–H and O–H groups in total. The number of likely N-dealkylation sites (tertiary alicyclic amines) is 1. The standard InChI is InChI=1S/C17H24N2O2/c20-12-16-4-2-1-3-9-19(16)17(21)14-6-5-13-7-8-18-11-15(13)10-14/h5-6,10,16,18,20H,1-4,7-9,11-12H2. The second kappa shape index (κ2) is 6.58. The minimum Gasteiger partial charge on any atom is -0.394 e. The van der Waals surface area contributed by atoms with Gasteiger partial charge in [-0.1, -0.05) is 18.9 Å². The highest BCUT2D eigenvalue weighted by Crippen LogP contribution is 2.21. The van der Waals surface area contributed by atoms with Gasteiger partial charge in [-0.2, -0.15) is 0 Å². The van der Waals surface area contributed by atoms with E-state index in [0.717, 1.165) is 57.3 Å². The van der Waals surface area contributed by atoms with Crippen LogP contribution >= 0.6 is 0 Å². The van der Waals surface area contributed by atoms with Gasteiger partial charge in [0, 0.05) is 18.7 Å². The summed E-state index contributed by atoms with van der Waals surface area (Å²) in [6, 6.07) is 6.05. The van der Waals surface area contributed by atoms with Crippen LogP contribution in [0.4, 0.5) is 0 Å². The Morgan fingerprint density at radius 3 is 3.05 bits per heavy atom. The Kier molecular flexibility index (Phi) is 4.56. The lowest BCUT2D eigenvalue weighted by molar-refractivity contribution is 0.0599. The number of hydrogen-bond acceptors (Lipinski definition) is 3. The molecule has 1 atom stereocenters. The number of nitrogens with one attached hydrogen (secondary N) is 1. The van der Waals surface area contributed by atoms with Crippen LogP contribution in [-0.2, 0) is 13.0 Å². The van der Waals surface area contributed by atoms with E-state index >= 15 is 0 Å². The maximum atomic E-state index is 12.8. The van der Waals surface area contributed by atoms with Gasteiger partial charge in [0.1, 0.15) is 0 Å². The Bertz CT molecular complexity index is 516. The number of hydrogen-bond donors (Lipinski definition) is 2. The number of aliphatic hydroxyl groups is 1. The third-order valence-corrected chi connectivity index (χ3v) is 4.69. The lowest BCUT2D eigenvalue weighted by Crippen LogP contribution is -2.42. The van der Waals surface area contributed by atoms with Gasteiger partial charge < -0.3 is 15.3 Å². The van der Waals surface area contributed by atoms with E-state index in [0.29, 0.717) is 0 Å². The average Bonchev–Trinajstić information content (AvgIpc) is 2.79. The summed E-state index contributed by atoms with van der Waals surface area (Å²) in [4.78, 5) is 14.7. The SMILES string of the molecule is O=C(c1ccc2c(c1)CNCC2)N1CCCCCC1CO. The minimum atomic E-state index is -0.0193. The highest BCUT2D eigenvalue weighted by Gasteiger charge is 2.26. The number of carbonyl (C=O) groups is 1. The summed E-state index contributed by atoms with van der Waals surface area (Å²) >= 11 is 0. The second-order valence-corrected chi connectivity index (χ2v) is 6.09. The largest absolute Gasteiger partial charge is 0.394 e. The fourth-order valence-corrected chi connectivity index (χ4v) is 3.41. The molecule has 1 saturated heterocycles. The van der Waals surface area contributed by atoms with Crippen LogP contribution in [0.5, 0.6) is 0 Å². The van der Waals surface area contributed by atoms with Gasteiger partial charge in [-0.15, -0.1) is 0 Å². The molecule has 2 heterocycles. The smallest absolute Gasteiger partial charge is 0.254 e. The van der Waals surface area contributed by atoms with Gasteiger partial charge in [0.2, 0.25) is 0 Å². The molecule has 2 aliphatic heterocycles. The van der Waals surface area contributed by atoms with Crippen molar-refractivity contribution in [2.45, 2.75) is 44.7 Å². The van der Waals surface area contributed by atoms with E-state index in [1.165, 1.54) is 11.1 Å². The fourth-order valence-electron chi connectivity index (χ4n) is 3.41. The molecule has 0 spiro atoms. The molecule has 0 bridgehead atoms. The van der Waals surface area contributed by atoms with Gasteiger partial charge in [-0.25, -0.2) is 0 Å². The number of benzene rings is 1. The van der Waals surface area contributed by atoms with Gasteiger partial charge in [-0.3, -0.25) is 4.79 Å². The highest BCUT2D eigenvalue weighted by molar-refractivity contribution is 5.94. The molecule has 0 saturated carbocycles. The second-order valence-electron chi connectivity index (χ2n) is 6.09. The lowest BCUT2D eigenvalue weighted by Gasteiger charge is -2.29. The summed E-state index contributed by atoms with van der Waals surface area (Å²) in [5.41, 5.74) is 3.35. The van der Waals surface area contributed by atoms with E-state index in [-0.39, 0.29) is 18.6 Å². The topological polar surface area (TPSA) is 52.6 Å². The molecule has 2 aliphatic rings. The summed E-state index contributed by atoms with van der Waals surface area (Å²) in [6.07, 6.45) is 5.23. The molecule has 1 aromatic carbocycles. The molecule has 114 valence electrons.